The minimum absolute atomic E-state index is 0.237. The zero-order valence-corrected chi connectivity index (χ0v) is 11.4. The first-order chi connectivity index (χ1) is 8.61. The standard InChI is InChI=1S/C13H7Cl3N2/c14-11-4-1-8(7-12(11)15)10-3-2-9(5-6-17)18-13(10)16/h1-4,7H,5H2. The van der Waals surface area contributed by atoms with Crippen molar-refractivity contribution in [1.82, 2.24) is 4.98 Å². The molecule has 0 radical (unpaired) electrons. The van der Waals surface area contributed by atoms with Crippen molar-refractivity contribution in [2.24, 2.45) is 0 Å². The number of rotatable bonds is 2. The lowest BCUT2D eigenvalue weighted by Gasteiger charge is -2.06. The van der Waals surface area contributed by atoms with E-state index in [4.69, 9.17) is 40.1 Å². The summed E-state index contributed by atoms with van der Waals surface area (Å²) in [7, 11) is 0. The van der Waals surface area contributed by atoms with Gasteiger partial charge in [0, 0.05) is 5.56 Å². The molecule has 0 saturated carbocycles. The first kappa shape index (κ1) is 13.2. The van der Waals surface area contributed by atoms with Crippen molar-refractivity contribution in [3.05, 3.63) is 51.2 Å². The van der Waals surface area contributed by atoms with Gasteiger partial charge in [-0.1, -0.05) is 40.9 Å². The Morgan fingerprint density at radius 3 is 2.44 bits per heavy atom. The molecule has 2 nitrogen and oxygen atoms in total. The fraction of sp³-hybridized carbons (Fsp3) is 0.0769. The van der Waals surface area contributed by atoms with Crippen molar-refractivity contribution in [3.8, 4) is 17.2 Å². The Morgan fingerprint density at radius 2 is 1.83 bits per heavy atom. The first-order valence-corrected chi connectivity index (χ1v) is 6.23. The summed E-state index contributed by atoms with van der Waals surface area (Å²) >= 11 is 17.9. The van der Waals surface area contributed by atoms with E-state index in [1.807, 2.05) is 18.2 Å². The molecular formula is C13H7Cl3N2. The largest absolute Gasteiger partial charge is 0.239 e. The van der Waals surface area contributed by atoms with Crippen molar-refractivity contribution in [3.63, 3.8) is 0 Å². The number of pyridine rings is 1. The molecule has 0 fully saturated rings. The Bertz CT molecular complexity index is 633. The van der Waals surface area contributed by atoms with Gasteiger partial charge in [0.05, 0.1) is 28.2 Å². The minimum Gasteiger partial charge on any atom is -0.239 e. The second-order valence-electron chi connectivity index (χ2n) is 3.60. The van der Waals surface area contributed by atoms with Crippen molar-refractivity contribution in [2.75, 3.05) is 0 Å². The normalized spacial score (nSPS) is 10.1. The fourth-order valence-corrected chi connectivity index (χ4v) is 2.11. The first-order valence-electron chi connectivity index (χ1n) is 5.09. The van der Waals surface area contributed by atoms with Crippen molar-refractivity contribution >= 4 is 34.8 Å². The summed E-state index contributed by atoms with van der Waals surface area (Å²) in [6.07, 6.45) is 0.237. The third kappa shape index (κ3) is 2.76. The molecule has 0 aliphatic heterocycles. The molecule has 2 rings (SSSR count). The van der Waals surface area contributed by atoms with Gasteiger partial charge in [-0.2, -0.15) is 5.26 Å². The molecule has 18 heavy (non-hydrogen) atoms. The smallest absolute Gasteiger partial charge is 0.137 e. The number of halogens is 3. The highest BCUT2D eigenvalue weighted by Gasteiger charge is 2.08. The maximum Gasteiger partial charge on any atom is 0.137 e. The molecule has 0 saturated heterocycles. The van der Waals surface area contributed by atoms with Crippen LogP contribution in [0.15, 0.2) is 30.3 Å². The van der Waals surface area contributed by atoms with E-state index in [0.29, 0.717) is 20.9 Å². The van der Waals surface area contributed by atoms with E-state index in [1.165, 1.54) is 0 Å². The molecule has 1 aromatic heterocycles. The average Bonchev–Trinajstić information content (AvgIpc) is 2.34. The molecule has 0 N–H and O–H groups in total. The van der Waals surface area contributed by atoms with Gasteiger partial charge in [0.15, 0.2) is 0 Å². The summed E-state index contributed by atoms with van der Waals surface area (Å²) in [6.45, 7) is 0. The molecule has 0 spiro atoms. The van der Waals surface area contributed by atoms with Crippen LogP contribution < -0.4 is 0 Å². The van der Waals surface area contributed by atoms with Crippen LogP contribution in [0.4, 0.5) is 0 Å². The van der Waals surface area contributed by atoms with Gasteiger partial charge in [-0.15, -0.1) is 0 Å². The van der Waals surface area contributed by atoms with E-state index < -0.39 is 0 Å². The topological polar surface area (TPSA) is 36.7 Å². The van der Waals surface area contributed by atoms with E-state index in [9.17, 15) is 0 Å². The lowest BCUT2D eigenvalue weighted by Crippen LogP contribution is -1.90. The number of hydrogen-bond donors (Lipinski definition) is 0. The number of nitrogens with zero attached hydrogens (tertiary/aromatic N) is 2. The molecule has 0 atom stereocenters. The van der Waals surface area contributed by atoms with Crippen molar-refractivity contribution < 1.29 is 0 Å². The van der Waals surface area contributed by atoms with Gasteiger partial charge in [-0.3, -0.25) is 0 Å². The number of aromatic nitrogens is 1. The fourth-order valence-electron chi connectivity index (χ4n) is 1.53. The monoisotopic (exact) mass is 296 g/mol. The van der Waals surface area contributed by atoms with Gasteiger partial charge >= 0.3 is 0 Å². The Labute approximate surface area is 120 Å². The van der Waals surface area contributed by atoms with E-state index in [-0.39, 0.29) is 6.42 Å². The van der Waals surface area contributed by atoms with E-state index >= 15 is 0 Å². The predicted molar refractivity (Wildman–Crippen MR) is 74.0 cm³/mol. The van der Waals surface area contributed by atoms with Crippen LogP contribution in [-0.2, 0) is 6.42 Å². The maximum absolute atomic E-state index is 8.60. The molecule has 0 aliphatic rings. The molecule has 5 heteroatoms. The van der Waals surface area contributed by atoms with Gasteiger partial charge < -0.3 is 0 Å². The van der Waals surface area contributed by atoms with E-state index in [1.54, 1.807) is 18.2 Å². The van der Waals surface area contributed by atoms with Gasteiger partial charge in [-0.25, -0.2) is 4.98 Å². The van der Waals surface area contributed by atoms with Gasteiger partial charge in [-0.05, 0) is 29.8 Å². The molecule has 0 aliphatic carbocycles. The predicted octanol–water partition coefficient (Wildman–Crippen LogP) is 4.77. The highest BCUT2D eigenvalue weighted by Crippen LogP contribution is 2.31. The van der Waals surface area contributed by atoms with Gasteiger partial charge in [0.1, 0.15) is 5.15 Å². The second kappa shape index (κ2) is 5.58. The lowest BCUT2D eigenvalue weighted by atomic mass is 10.1. The highest BCUT2D eigenvalue weighted by atomic mass is 35.5. The minimum atomic E-state index is 0.237. The van der Waals surface area contributed by atoms with Crippen LogP contribution >= 0.6 is 34.8 Å². The number of hydrogen-bond acceptors (Lipinski definition) is 2. The summed E-state index contributed by atoms with van der Waals surface area (Å²) in [6, 6.07) is 10.9. The van der Waals surface area contributed by atoms with Crippen LogP contribution in [0.2, 0.25) is 15.2 Å². The molecule has 0 bridgehead atoms. The molecule has 90 valence electrons. The third-order valence-electron chi connectivity index (χ3n) is 2.40. The lowest BCUT2D eigenvalue weighted by molar-refractivity contribution is 1.12. The van der Waals surface area contributed by atoms with E-state index in [2.05, 4.69) is 4.98 Å². The summed E-state index contributed by atoms with van der Waals surface area (Å²) in [5.74, 6) is 0. The molecule has 0 amide bonds. The Kier molecular flexibility index (Phi) is 4.08. The maximum atomic E-state index is 8.60. The van der Waals surface area contributed by atoms with Crippen LogP contribution in [-0.4, -0.2) is 4.98 Å². The van der Waals surface area contributed by atoms with Crippen molar-refractivity contribution in [1.29, 1.82) is 5.26 Å². The van der Waals surface area contributed by atoms with E-state index in [0.717, 1.165) is 11.1 Å². The second-order valence-corrected chi connectivity index (χ2v) is 4.78. The zero-order valence-electron chi connectivity index (χ0n) is 9.12. The summed E-state index contributed by atoms with van der Waals surface area (Å²) < 4.78 is 0. The summed E-state index contributed by atoms with van der Waals surface area (Å²) in [5.41, 5.74) is 2.24. The third-order valence-corrected chi connectivity index (χ3v) is 3.42. The number of benzene rings is 1. The van der Waals surface area contributed by atoms with Crippen LogP contribution in [0.5, 0.6) is 0 Å². The summed E-state index contributed by atoms with van der Waals surface area (Å²) in [4.78, 5) is 4.16. The van der Waals surface area contributed by atoms with Gasteiger partial charge in [0.25, 0.3) is 0 Å². The van der Waals surface area contributed by atoms with Crippen LogP contribution in [0.3, 0.4) is 0 Å². The zero-order chi connectivity index (χ0) is 13.1. The molecule has 0 unspecified atom stereocenters. The Balaban J connectivity index is 2.45. The molecule has 1 heterocycles. The molecule has 2 aromatic rings. The van der Waals surface area contributed by atoms with Crippen LogP contribution in [0.1, 0.15) is 5.69 Å². The molecular weight excluding hydrogens is 291 g/mol. The van der Waals surface area contributed by atoms with Crippen LogP contribution in [0.25, 0.3) is 11.1 Å². The average molecular weight is 298 g/mol. The Hall–Kier alpha value is -1.27. The highest BCUT2D eigenvalue weighted by molar-refractivity contribution is 6.42. The summed E-state index contributed by atoms with van der Waals surface area (Å²) in [5, 5.41) is 9.90. The molecule has 1 aromatic carbocycles. The van der Waals surface area contributed by atoms with Gasteiger partial charge in [0.2, 0.25) is 0 Å². The number of nitriles is 1. The quantitative estimate of drug-likeness (QED) is 0.748. The Morgan fingerprint density at radius 1 is 1.06 bits per heavy atom. The van der Waals surface area contributed by atoms with Crippen LogP contribution in [0, 0.1) is 11.3 Å². The SMILES string of the molecule is N#CCc1ccc(-c2ccc(Cl)c(Cl)c2)c(Cl)n1. The van der Waals surface area contributed by atoms with Crippen molar-refractivity contribution in [2.45, 2.75) is 6.42 Å².